The number of fused-ring (bicyclic) bond motifs is 1. The Morgan fingerprint density at radius 3 is 2.50 bits per heavy atom. The van der Waals surface area contributed by atoms with Crippen LogP contribution in [0.4, 0.5) is 0 Å². The van der Waals surface area contributed by atoms with E-state index in [1.165, 1.54) is 7.05 Å². The van der Waals surface area contributed by atoms with E-state index in [-0.39, 0.29) is 17.7 Å². The van der Waals surface area contributed by atoms with Crippen LogP contribution in [-0.4, -0.2) is 34.8 Å². The molecule has 0 bridgehead atoms. The summed E-state index contributed by atoms with van der Waals surface area (Å²) in [6.45, 7) is 1.84. The van der Waals surface area contributed by atoms with Crippen molar-refractivity contribution in [2.24, 2.45) is 23.7 Å². The van der Waals surface area contributed by atoms with Crippen LogP contribution < -0.4 is 0 Å². The SMILES string of the molecule is C[C@@H]1CC[C@@H]2C(=O)N(C)C(=O)[C@H]2[C@@H]1C(=O)O. The molecule has 0 radical (unpaired) electrons. The molecule has 16 heavy (non-hydrogen) atoms. The highest BCUT2D eigenvalue weighted by atomic mass is 16.4. The van der Waals surface area contributed by atoms with Gasteiger partial charge in [-0.25, -0.2) is 0 Å². The lowest BCUT2D eigenvalue weighted by molar-refractivity contribution is -0.152. The smallest absolute Gasteiger partial charge is 0.307 e. The van der Waals surface area contributed by atoms with Crippen LogP contribution >= 0.6 is 0 Å². The Balaban J connectivity index is 2.37. The maximum absolute atomic E-state index is 11.9. The third-order valence-corrected chi connectivity index (χ3v) is 3.92. The summed E-state index contributed by atoms with van der Waals surface area (Å²) in [4.78, 5) is 35.9. The highest BCUT2D eigenvalue weighted by molar-refractivity contribution is 6.06. The molecule has 0 aromatic rings. The van der Waals surface area contributed by atoms with Crippen LogP contribution in [0.25, 0.3) is 0 Å². The number of imide groups is 1. The molecule has 2 amide bonds. The van der Waals surface area contributed by atoms with Gasteiger partial charge in [-0.05, 0) is 18.8 Å². The first-order valence-electron chi connectivity index (χ1n) is 5.49. The molecule has 1 N–H and O–H groups in total. The maximum atomic E-state index is 11.9. The van der Waals surface area contributed by atoms with Gasteiger partial charge in [-0.1, -0.05) is 6.92 Å². The van der Waals surface area contributed by atoms with Crippen LogP contribution in [0, 0.1) is 23.7 Å². The monoisotopic (exact) mass is 225 g/mol. The summed E-state index contributed by atoms with van der Waals surface area (Å²) >= 11 is 0. The van der Waals surface area contributed by atoms with E-state index in [0.717, 1.165) is 4.90 Å². The average molecular weight is 225 g/mol. The van der Waals surface area contributed by atoms with Gasteiger partial charge in [0, 0.05) is 7.05 Å². The van der Waals surface area contributed by atoms with E-state index < -0.39 is 23.7 Å². The summed E-state index contributed by atoms with van der Waals surface area (Å²) in [7, 11) is 1.44. The van der Waals surface area contributed by atoms with Crippen molar-refractivity contribution in [3.05, 3.63) is 0 Å². The largest absolute Gasteiger partial charge is 0.481 e. The molecule has 1 aliphatic carbocycles. The van der Waals surface area contributed by atoms with Crippen molar-refractivity contribution < 1.29 is 19.5 Å². The number of aliphatic carboxylic acids is 1. The molecule has 5 nitrogen and oxygen atoms in total. The number of likely N-dealkylation sites (tertiary alicyclic amines) is 1. The molecular formula is C11H15NO4. The lowest BCUT2D eigenvalue weighted by Gasteiger charge is -2.32. The number of hydrogen-bond acceptors (Lipinski definition) is 3. The van der Waals surface area contributed by atoms with E-state index in [2.05, 4.69) is 0 Å². The van der Waals surface area contributed by atoms with E-state index in [0.29, 0.717) is 12.8 Å². The zero-order valence-electron chi connectivity index (χ0n) is 9.34. The van der Waals surface area contributed by atoms with Gasteiger partial charge in [-0.15, -0.1) is 0 Å². The number of carboxylic acid groups (broad SMARTS) is 1. The van der Waals surface area contributed by atoms with E-state index in [9.17, 15) is 14.4 Å². The third-order valence-electron chi connectivity index (χ3n) is 3.92. The van der Waals surface area contributed by atoms with Gasteiger partial charge >= 0.3 is 5.97 Å². The topological polar surface area (TPSA) is 74.7 Å². The van der Waals surface area contributed by atoms with E-state index in [1.54, 1.807) is 0 Å². The average Bonchev–Trinajstić information content (AvgIpc) is 2.43. The van der Waals surface area contributed by atoms with Gasteiger partial charge in [-0.2, -0.15) is 0 Å². The Hall–Kier alpha value is -1.39. The van der Waals surface area contributed by atoms with Crippen LogP contribution in [0.15, 0.2) is 0 Å². The van der Waals surface area contributed by atoms with Crippen molar-refractivity contribution in [1.29, 1.82) is 0 Å². The Kier molecular flexibility index (Phi) is 2.48. The Morgan fingerprint density at radius 2 is 1.94 bits per heavy atom. The maximum Gasteiger partial charge on any atom is 0.307 e. The van der Waals surface area contributed by atoms with Crippen molar-refractivity contribution in [2.45, 2.75) is 19.8 Å². The molecule has 0 aromatic heterocycles. The summed E-state index contributed by atoms with van der Waals surface area (Å²) in [5.74, 6) is -3.29. The first-order valence-corrected chi connectivity index (χ1v) is 5.49. The second-order valence-corrected chi connectivity index (χ2v) is 4.79. The highest BCUT2D eigenvalue weighted by Gasteiger charge is 2.55. The minimum atomic E-state index is -0.960. The van der Waals surface area contributed by atoms with Crippen LogP contribution in [0.3, 0.4) is 0 Å². The van der Waals surface area contributed by atoms with Gasteiger partial charge in [0.15, 0.2) is 0 Å². The van der Waals surface area contributed by atoms with Crippen molar-refractivity contribution >= 4 is 17.8 Å². The molecule has 0 aromatic carbocycles. The molecule has 2 rings (SSSR count). The van der Waals surface area contributed by atoms with Crippen LogP contribution in [-0.2, 0) is 14.4 Å². The summed E-state index contributed by atoms with van der Waals surface area (Å²) in [6.07, 6.45) is 1.33. The standard InChI is InChI=1S/C11H15NO4/c1-5-3-4-6-8(7(5)11(15)16)10(14)12(2)9(6)13/h5-8H,3-4H2,1-2H3,(H,15,16)/t5-,6+,7-,8-/m1/s1. The van der Waals surface area contributed by atoms with Crippen molar-refractivity contribution in [3.8, 4) is 0 Å². The predicted octanol–water partition coefficient (Wildman–Crippen LogP) is 0.348. The second kappa shape index (κ2) is 3.57. The summed E-state index contributed by atoms with van der Waals surface area (Å²) in [5, 5.41) is 9.16. The number of nitrogens with zero attached hydrogens (tertiary/aromatic N) is 1. The Labute approximate surface area is 93.4 Å². The minimum absolute atomic E-state index is 0.0398. The fourth-order valence-electron chi connectivity index (χ4n) is 2.99. The number of carbonyl (C=O) groups is 3. The molecule has 2 fully saturated rings. The number of carboxylic acids is 1. The number of amides is 2. The number of rotatable bonds is 1. The zero-order chi connectivity index (χ0) is 12.0. The van der Waals surface area contributed by atoms with Crippen molar-refractivity contribution in [3.63, 3.8) is 0 Å². The van der Waals surface area contributed by atoms with Crippen LogP contribution in [0.5, 0.6) is 0 Å². The van der Waals surface area contributed by atoms with Gasteiger partial charge in [0.25, 0.3) is 0 Å². The van der Waals surface area contributed by atoms with E-state index in [1.807, 2.05) is 6.92 Å². The molecule has 4 atom stereocenters. The normalized spacial score (nSPS) is 38.8. The fraction of sp³-hybridized carbons (Fsp3) is 0.727. The highest BCUT2D eigenvalue weighted by Crippen LogP contribution is 2.44. The molecular weight excluding hydrogens is 210 g/mol. The first kappa shape index (κ1) is 11.1. The van der Waals surface area contributed by atoms with Crippen molar-refractivity contribution in [2.75, 3.05) is 7.05 Å². The molecule has 0 spiro atoms. The molecule has 1 aliphatic heterocycles. The molecule has 5 heteroatoms. The third kappa shape index (κ3) is 1.34. The lowest BCUT2D eigenvalue weighted by atomic mass is 9.68. The van der Waals surface area contributed by atoms with Gasteiger partial charge in [0.05, 0.1) is 17.8 Å². The quantitative estimate of drug-likeness (QED) is 0.653. The number of carbonyl (C=O) groups excluding carboxylic acids is 2. The fourth-order valence-corrected chi connectivity index (χ4v) is 2.99. The van der Waals surface area contributed by atoms with Crippen molar-refractivity contribution in [1.82, 2.24) is 4.90 Å². The van der Waals surface area contributed by atoms with Gasteiger partial charge in [-0.3, -0.25) is 19.3 Å². The summed E-state index contributed by atoms with van der Waals surface area (Å²) in [6, 6.07) is 0. The van der Waals surface area contributed by atoms with Crippen LogP contribution in [0.2, 0.25) is 0 Å². The van der Waals surface area contributed by atoms with E-state index in [4.69, 9.17) is 5.11 Å². The van der Waals surface area contributed by atoms with Crippen LogP contribution in [0.1, 0.15) is 19.8 Å². The first-order chi connectivity index (χ1) is 7.45. The molecule has 1 heterocycles. The minimum Gasteiger partial charge on any atom is -0.481 e. The van der Waals surface area contributed by atoms with Gasteiger partial charge in [0.1, 0.15) is 0 Å². The second-order valence-electron chi connectivity index (χ2n) is 4.79. The predicted molar refractivity (Wildman–Crippen MR) is 54.3 cm³/mol. The Bertz CT molecular complexity index is 365. The molecule has 88 valence electrons. The molecule has 2 aliphatic rings. The molecule has 1 saturated carbocycles. The Morgan fingerprint density at radius 1 is 1.31 bits per heavy atom. The molecule has 0 unspecified atom stereocenters. The lowest BCUT2D eigenvalue weighted by Crippen LogP contribution is -2.40. The number of hydrogen-bond donors (Lipinski definition) is 1. The summed E-state index contributed by atoms with van der Waals surface area (Å²) in [5.41, 5.74) is 0. The van der Waals surface area contributed by atoms with E-state index >= 15 is 0 Å². The zero-order valence-corrected chi connectivity index (χ0v) is 9.34. The molecule has 1 saturated heterocycles. The van der Waals surface area contributed by atoms with Gasteiger partial charge < -0.3 is 5.11 Å². The van der Waals surface area contributed by atoms with Gasteiger partial charge in [0.2, 0.25) is 11.8 Å². The summed E-state index contributed by atoms with van der Waals surface area (Å²) < 4.78 is 0.